The highest BCUT2D eigenvalue weighted by molar-refractivity contribution is 14.1. The molecule has 0 atom stereocenters. The summed E-state index contributed by atoms with van der Waals surface area (Å²) in [4.78, 5) is 3.69. The van der Waals surface area contributed by atoms with Crippen LogP contribution in [0.5, 0.6) is 0 Å². The van der Waals surface area contributed by atoms with Crippen LogP contribution < -0.4 is 5.43 Å². The maximum Gasteiger partial charge on any atom is 0.417 e. The fraction of sp³-hybridized carbons (Fsp3) is 0.158. The number of nitrogens with one attached hydrogen (secondary N) is 1. The molecule has 3 rings (SSSR count). The van der Waals surface area contributed by atoms with E-state index in [-0.39, 0.29) is 10.8 Å². The standard InChI is InChI=1S/C19H15ClF3IN4/c1-11-7-13(12(2)28(11)16-5-3-15(24)4-6-16)9-26-27-18-17(20)8-14(10-25-18)19(21,22)23/h3-10H,1-2H3,(H,25,27)/b26-9+. The molecule has 2 aromatic heterocycles. The van der Waals surface area contributed by atoms with Gasteiger partial charge < -0.3 is 4.57 Å². The minimum Gasteiger partial charge on any atom is -0.318 e. The molecule has 146 valence electrons. The van der Waals surface area contributed by atoms with Crippen LogP contribution in [0.4, 0.5) is 19.0 Å². The van der Waals surface area contributed by atoms with Crippen molar-refractivity contribution in [3.8, 4) is 5.69 Å². The lowest BCUT2D eigenvalue weighted by molar-refractivity contribution is -0.137. The third kappa shape index (κ3) is 4.49. The van der Waals surface area contributed by atoms with Crippen molar-refractivity contribution in [2.24, 2.45) is 5.10 Å². The molecule has 1 aromatic carbocycles. The van der Waals surface area contributed by atoms with Crippen LogP contribution in [0.3, 0.4) is 0 Å². The highest BCUT2D eigenvalue weighted by Crippen LogP contribution is 2.32. The molecule has 3 aromatic rings. The monoisotopic (exact) mass is 518 g/mol. The summed E-state index contributed by atoms with van der Waals surface area (Å²) in [7, 11) is 0. The van der Waals surface area contributed by atoms with Crippen molar-refractivity contribution in [3.05, 3.63) is 73.7 Å². The summed E-state index contributed by atoms with van der Waals surface area (Å²) in [6, 6.07) is 10.9. The first-order chi connectivity index (χ1) is 13.2. The maximum atomic E-state index is 12.7. The molecule has 2 heterocycles. The zero-order valence-corrected chi connectivity index (χ0v) is 17.8. The van der Waals surface area contributed by atoms with E-state index in [0.29, 0.717) is 6.20 Å². The van der Waals surface area contributed by atoms with Crippen LogP contribution in [0.1, 0.15) is 22.5 Å². The smallest absolute Gasteiger partial charge is 0.318 e. The number of pyridine rings is 1. The molecule has 1 N–H and O–H groups in total. The average Bonchev–Trinajstić information content (AvgIpc) is 2.90. The average molecular weight is 519 g/mol. The molecule has 0 aliphatic heterocycles. The first-order valence-electron chi connectivity index (χ1n) is 8.13. The number of anilines is 1. The number of nitrogens with zero attached hydrogens (tertiary/aromatic N) is 3. The Balaban J connectivity index is 1.80. The van der Waals surface area contributed by atoms with E-state index in [9.17, 15) is 13.2 Å². The number of halogens is 5. The van der Waals surface area contributed by atoms with Gasteiger partial charge in [0.25, 0.3) is 0 Å². The van der Waals surface area contributed by atoms with Gasteiger partial charge in [0.15, 0.2) is 5.82 Å². The first-order valence-corrected chi connectivity index (χ1v) is 9.59. The number of rotatable bonds is 4. The van der Waals surface area contributed by atoms with Crippen molar-refractivity contribution in [2.75, 3.05) is 5.43 Å². The van der Waals surface area contributed by atoms with Crippen molar-refractivity contribution < 1.29 is 13.2 Å². The molecule has 0 saturated heterocycles. The van der Waals surface area contributed by atoms with Crippen LogP contribution in [0.25, 0.3) is 5.69 Å². The van der Waals surface area contributed by atoms with Gasteiger partial charge in [-0.3, -0.25) is 5.43 Å². The SMILES string of the molecule is Cc1cc(/C=N/Nc2ncc(C(F)(F)F)cc2Cl)c(C)n1-c1ccc(I)cc1. The third-order valence-corrected chi connectivity index (χ3v) is 5.10. The van der Waals surface area contributed by atoms with Crippen LogP contribution >= 0.6 is 34.2 Å². The van der Waals surface area contributed by atoms with Crippen molar-refractivity contribution >= 4 is 46.2 Å². The van der Waals surface area contributed by atoms with Gasteiger partial charge in [-0.15, -0.1) is 0 Å². The summed E-state index contributed by atoms with van der Waals surface area (Å²) in [6.07, 6.45) is -2.20. The van der Waals surface area contributed by atoms with Gasteiger partial charge in [-0.05, 0) is 72.8 Å². The first kappa shape index (κ1) is 20.7. The Bertz CT molecular complexity index is 1030. The van der Waals surface area contributed by atoms with E-state index in [2.05, 4.69) is 42.7 Å². The van der Waals surface area contributed by atoms with E-state index in [1.807, 2.05) is 44.2 Å². The van der Waals surface area contributed by atoms with Crippen LogP contribution in [-0.2, 0) is 6.18 Å². The van der Waals surface area contributed by atoms with Gasteiger partial charge in [-0.2, -0.15) is 18.3 Å². The van der Waals surface area contributed by atoms with Crippen molar-refractivity contribution in [1.82, 2.24) is 9.55 Å². The molecule has 0 saturated carbocycles. The minimum atomic E-state index is -4.49. The minimum absolute atomic E-state index is 0.0531. The highest BCUT2D eigenvalue weighted by Gasteiger charge is 2.31. The molecule has 0 fully saturated rings. The Morgan fingerprint density at radius 1 is 1.18 bits per heavy atom. The van der Waals surface area contributed by atoms with E-state index >= 15 is 0 Å². The van der Waals surface area contributed by atoms with E-state index in [4.69, 9.17) is 11.6 Å². The molecular formula is C19H15ClF3IN4. The van der Waals surface area contributed by atoms with Crippen LogP contribution in [0.2, 0.25) is 5.02 Å². The zero-order chi connectivity index (χ0) is 20.5. The maximum absolute atomic E-state index is 12.7. The van der Waals surface area contributed by atoms with Crippen LogP contribution in [0, 0.1) is 17.4 Å². The summed E-state index contributed by atoms with van der Waals surface area (Å²) in [6.45, 7) is 3.96. The highest BCUT2D eigenvalue weighted by atomic mass is 127. The molecule has 0 amide bonds. The van der Waals surface area contributed by atoms with Gasteiger partial charge in [0, 0.05) is 32.4 Å². The van der Waals surface area contributed by atoms with Gasteiger partial charge in [0.05, 0.1) is 16.8 Å². The number of aryl methyl sites for hydroxylation is 1. The van der Waals surface area contributed by atoms with Crippen molar-refractivity contribution in [2.45, 2.75) is 20.0 Å². The molecule has 0 unspecified atom stereocenters. The second kappa shape index (κ2) is 8.12. The van der Waals surface area contributed by atoms with Crippen LogP contribution in [0.15, 0.2) is 47.7 Å². The fourth-order valence-electron chi connectivity index (χ4n) is 2.74. The molecule has 0 radical (unpaired) electrons. The number of hydrazone groups is 1. The van der Waals surface area contributed by atoms with E-state index in [1.165, 1.54) is 0 Å². The summed E-state index contributed by atoms with van der Waals surface area (Å²) >= 11 is 8.12. The van der Waals surface area contributed by atoms with E-state index in [0.717, 1.165) is 32.3 Å². The molecule has 0 aliphatic carbocycles. The summed E-state index contributed by atoms with van der Waals surface area (Å²) in [5.41, 5.74) is 5.60. The summed E-state index contributed by atoms with van der Waals surface area (Å²) in [5.74, 6) is 0.0531. The molecule has 0 bridgehead atoms. The van der Waals surface area contributed by atoms with E-state index in [1.54, 1.807) is 6.21 Å². The van der Waals surface area contributed by atoms with Crippen molar-refractivity contribution in [1.29, 1.82) is 0 Å². The summed E-state index contributed by atoms with van der Waals surface area (Å²) in [5, 5.41) is 3.91. The molecule has 4 nitrogen and oxygen atoms in total. The van der Waals surface area contributed by atoms with Gasteiger partial charge in [-0.1, -0.05) is 11.6 Å². The fourth-order valence-corrected chi connectivity index (χ4v) is 3.31. The second-order valence-corrected chi connectivity index (χ2v) is 7.71. The number of alkyl halides is 3. The van der Waals surface area contributed by atoms with Crippen molar-refractivity contribution in [3.63, 3.8) is 0 Å². The number of benzene rings is 1. The normalized spacial score (nSPS) is 12.0. The van der Waals surface area contributed by atoms with Gasteiger partial charge in [0.2, 0.25) is 0 Å². The Kier molecular flexibility index (Phi) is 5.99. The lowest BCUT2D eigenvalue weighted by Crippen LogP contribution is -2.06. The Hall–Kier alpha value is -2.07. The number of hydrogen-bond acceptors (Lipinski definition) is 3. The van der Waals surface area contributed by atoms with Gasteiger partial charge >= 0.3 is 6.18 Å². The topological polar surface area (TPSA) is 42.2 Å². The molecule has 0 spiro atoms. The zero-order valence-electron chi connectivity index (χ0n) is 14.9. The summed E-state index contributed by atoms with van der Waals surface area (Å²) < 4.78 is 41.3. The molecule has 9 heteroatoms. The molecular weight excluding hydrogens is 504 g/mol. The van der Waals surface area contributed by atoms with E-state index < -0.39 is 11.7 Å². The second-order valence-electron chi connectivity index (χ2n) is 6.06. The number of hydrogen-bond donors (Lipinski definition) is 1. The largest absolute Gasteiger partial charge is 0.417 e. The van der Waals surface area contributed by atoms with Crippen LogP contribution in [-0.4, -0.2) is 15.8 Å². The lowest BCUT2D eigenvalue weighted by Gasteiger charge is -2.09. The Morgan fingerprint density at radius 2 is 1.86 bits per heavy atom. The predicted octanol–water partition coefficient (Wildman–Crippen LogP) is 6.21. The van der Waals surface area contributed by atoms with Gasteiger partial charge in [0.1, 0.15) is 0 Å². The quantitative estimate of drug-likeness (QED) is 0.253. The Labute approximate surface area is 178 Å². The third-order valence-electron chi connectivity index (χ3n) is 4.10. The number of aromatic nitrogens is 2. The Morgan fingerprint density at radius 3 is 2.46 bits per heavy atom. The lowest BCUT2D eigenvalue weighted by atomic mass is 10.2. The molecule has 28 heavy (non-hydrogen) atoms. The predicted molar refractivity (Wildman–Crippen MR) is 113 cm³/mol. The molecule has 0 aliphatic rings. The van der Waals surface area contributed by atoms with Gasteiger partial charge in [-0.25, -0.2) is 4.98 Å².